The third-order valence-electron chi connectivity index (χ3n) is 9.45. The highest BCUT2D eigenvalue weighted by molar-refractivity contribution is 5.80. The quantitative estimate of drug-likeness (QED) is 0.0334. The van der Waals surface area contributed by atoms with Crippen LogP contribution in [0.4, 0.5) is 17.8 Å². The van der Waals surface area contributed by atoms with Gasteiger partial charge in [0.1, 0.15) is 19.2 Å². The minimum Gasteiger partial charge on any atom is -0.393 e. The lowest BCUT2D eigenvalue weighted by Crippen LogP contribution is -2.51. The van der Waals surface area contributed by atoms with Gasteiger partial charge in [-0.05, 0) is 26.7 Å². The number of carbonyl (C=O) groups is 2. The van der Waals surface area contributed by atoms with Crippen molar-refractivity contribution in [3.63, 3.8) is 0 Å². The molecule has 3 aromatic heterocycles. The molecular weight excluding hydrogens is 767 g/mol. The Kier molecular flexibility index (Phi) is 17.3. The number of hydrogen-bond acceptors (Lipinski definition) is 17. The zero-order valence-electron chi connectivity index (χ0n) is 33.9. The Morgan fingerprint density at radius 1 is 0.864 bits per heavy atom. The SMILES string of the molecule is C#CCOCCOCCOCCNc1nc(N2CCN(C(=O)Cn3cc(CC(C)O)nn3)CC2)nc(N2CCN(C(=O)C(C)n3cc(CCCN=C(N)N)nn3)CC2)n1. The topological polar surface area (TPSA) is 272 Å². The van der Waals surface area contributed by atoms with Gasteiger partial charge in [0.25, 0.3) is 0 Å². The summed E-state index contributed by atoms with van der Waals surface area (Å²) in [4.78, 5) is 52.7. The first kappa shape index (κ1) is 44.4. The van der Waals surface area contributed by atoms with Crippen molar-refractivity contribution in [1.82, 2.24) is 54.7 Å². The van der Waals surface area contributed by atoms with Crippen LogP contribution in [0.2, 0.25) is 0 Å². The molecule has 322 valence electrons. The van der Waals surface area contributed by atoms with Gasteiger partial charge in [-0.25, -0.2) is 9.36 Å². The molecule has 0 spiro atoms. The van der Waals surface area contributed by atoms with Crippen molar-refractivity contribution >= 4 is 35.6 Å². The number of terminal acetylenes is 1. The number of anilines is 3. The predicted molar refractivity (Wildman–Crippen MR) is 216 cm³/mol. The average molecular weight is 824 g/mol. The number of aliphatic hydroxyl groups excluding tert-OH is 1. The van der Waals surface area contributed by atoms with Crippen LogP contribution in [0.5, 0.6) is 0 Å². The minimum atomic E-state index is -0.547. The second-order valence-corrected chi connectivity index (χ2v) is 14.1. The van der Waals surface area contributed by atoms with Crippen LogP contribution in [0.1, 0.15) is 37.7 Å². The van der Waals surface area contributed by atoms with E-state index >= 15 is 0 Å². The van der Waals surface area contributed by atoms with Crippen LogP contribution < -0.4 is 26.6 Å². The second kappa shape index (κ2) is 23.0. The van der Waals surface area contributed by atoms with Crippen molar-refractivity contribution in [1.29, 1.82) is 0 Å². The van der Waals surface area contributed by atoms with Gasteiger partial charge in [0.05, 0.1) is 50.5 Å². The van der Waals surface area contributed by atoms with Gasteiger partial charge in [-0.1, -0.05) is 16.3 Å². The lowest BCUT2D eigenvalue weighted by atomic mass is 10.2. The van der Waals surface area contributed by atoms with E-state index in [4.69, 9.17) is 47.1 Å². The largest absolute Gasteiger partial charge is 0.393 e. The lowest BCUT2D eigenvalue weighted by Gasteiger charge is -2.37. The van der Waals surface area contributed by atoms with Crippen molar-refractivity contribution < 1.29 is 28.9 Å². The van der Waals surface area contributed by atoms with Gasteiger partial charge in [-0.15, -0.1) is 16.6 Å². The molecule has 3 aromatic rings. The van der Waals surface area contributed by atoms with Crippen molar-refractivity contribution in [3.05, 3.63) is 23.8 Å². The van der Waals surface area contributed by atoms with E-state index < -0.39 is 12.1 Å². The first-order chi connectivity index (χ1) is 28.6. The molecule has 59 heavy (non-hydrogen) atoms. The third-order valence-corrected chi connectivity index (χ3v) is 9.45. The van der Waals surface area contributed by atoms with E-state index in [1.807, 2.05) is 21.6 Å². The molecule has 23 heteroatoms. The van der Waals surface area contributed by atoms with Gasteiger partial charge < -0.3 is 55.7 Å². The Balaban J connectivity index is 1.16. The predicted octanol–water partition coefficient (Wildman–Crippen LogP) is -2.46. The van der Waals surface area contributed by atoms with Crippen LogP contribution in [0.25, 0.3) is 0 Å². The van der Waals surface area contributed by atoms with Crippen LogP contribution >= 0.6 is 0 Å². The number of nitrogens with one attached hydrogen (secondary N) is 1. The summed E-state index contributed by atoms with van der Waals surface area (Å²) in [6.07, 6.45) is 9.81. The number of aliphatic imine (C=N–C) groups is 1. The number of hydrogen-bond donors (Lipinski definition) is 4. The summed E-state index contributed by atoms with van der Waals surface area (Å²) in [5.74, 6) is 3.69. The highest BCUT2D eigenvalue weighted by Crippen LogP contribution is 2.21. The molecule has 0 bridgehead atoms. The Hall–Kier alpha value is -5.70. The monoisotopic (exact) mass is 823 g/mol. The normalized spacial score (nSPS) is 15.5. The van der Waals surface area contributed by atoms with E-state index in [1.165, 1.54) is 4.68 Å². The molecule has 2 fully saturated rings. The summed E-state index contributed by atoms with van der Waals surface area (Å²) in [7, 11) is 0. The molecule has 23 nitrogen and oxygen atoms in total. The fourth-order valence-electron chi connectivity index (χ4n) is 6.32. The van der Waals surface area contributed by atoms with Gasteiger partial charge in [0.15, 0.2) is 5.96 Å². The number of carbonyl (C=O) groups excluding carboxylic acids is 2. The van der Waals surface area contributed by atoms with Gasteiger partial charge >= 0.3 is 0 Å². The van der Waals surface area contributed by atoms with Crippen molar-refractivity contribution in [2.75, 3.05) is 120 Å². The molecule has 0 radical (unpaired) electrons. The van der Waals surface area contributed by atoms with Gasteiger partial charge in [0, 0.05) is 84.3 Å². The summed E-state index contributed by atoms with van der Waals surface area (Å²) in [6.45, 7) is 10.7. The van der Waals surface area contributed by atoms with E-state index in [0.717, 1.165) is 5.69 Å². The van der Waals surface area contributed by atoms with Crippen molar-refractivity contribution in [2.45, 2.75) is 51.8 Å². The molecule has 2 amide bonds. The van der Waals surface area contributed by atoms with Crippen molar-refractivity contribution in [2.24, 2.45) is 16.5 Å². The van der Waals surface area contributed by atoms with Crippen molar-refractivity contribution in [3.8, 4) is 12.3 Å². The Morgan fingerprint density at radius 3 is 2.14 bits per heavy atom. The Labute approximate surface area is 343 Å². The number of amides is 2. The summed E-state index contributed by atoms with van der Waals surface area (Å²) >= 11 is 0. The highest BCUT2D eigenvalue weighted by atomic mass is 16.5. The molecule has 2 unspecified atom stereocenters. The molecule has 0 aromatic carbocycles. The van der Waals surface area contributed by atoms with Crippen LogP contribution in [-0.2, 0) is 43.2 Å². The molecule has 5 heterocycles. The molecule has 2 atom stereocenters. The maximum Gasteiger partial charge on any atom is 0.247 e. The first-order valence-electron chi connectivity index (χ1n) is 19.9. The zero-order chi connectivity index (χ0) is 42.0. The van der Waals surface area contributed by atoms with Gasteiger partial charge in [-0.3, -0.25) is 14.6 Å². The van der Waals surface area contributed by atoms with Crippen LogP contribution in [-0.4, -0.2) is 189 Å². The second-order valence-electron chi connectivity index (χ2n) is 14.1. The molecule has 5 rings (SSSR count). The molecular formula is C36H57N17O6. The van der Waals surface area contributed by atoms with E-state index in [1.54, 1.807) is 28.9 Å². The molecule has 0 aliphatic carbocycles. The minimum absolute atomic E-state index is 0.0506. The maximum atomic E-state index is 13.5. The van der Waals surface area contributed by atoms with Gasteiger partial charge in [0.2, 0.25) is 29.7 Å². The molecule has 2 saturated heterocycles. The van der Waals surface area contributed by atoms with E-state index in [9.17, 15) is 14.7 Å². The van der Waals surface area contributed by atoms with E-state index in [0.29, 0.717) is 141 Å². The van der Waals surface area contributed by atoms with Crippen LogP contribution in [0, 0.1) is 12.3 Å². The van der Waals surface area contributed by atoms with E-state index in [-0.39, 0.29) is 30.9 Å². The molecule has 2 aliphatic rings. The molecule has 0 saturated carbocycles. The van der Waals surface area contributed by atoms with Crippen LogP contribution in [0.15, 0.2) is 17.4 Å². The Morgan fingerprint density at radius 2 is 1.49 bits per heavy atom. The summed E-state index contributed by atoms with van der Waals surface area (Å²) in [6, 6.07) is -0.531. The Bertz CT molecular complexity index is 1830. The first-order valence-corrected chi connectivity index (χ1v) is 19.9. The lowest BCUT2D eigenvalue weighted by molar-refractivity contribution is -0.135. The highest BCUT2D eigenvalue weighted by Gasteiger charge is 2.29. The fraction of sp³-hybridized carbons (Fsp3) is 0.667. The number of ether oxygens (including phenoxy) is 3. The van der Waals surface area contributed by atoms with E-state index in [2.05, 4.69) is 36.9 Å². The molecule has 6 N–H and O–H groups in total. The maximum absolute atomic E-state index is 13.5. The number of nitrogens with zero attached hydrogens (tertiary/aromatic N) is 14. The third kappa shape index (κ3) is 14.3. The van der Waals surface area contributed by atoms with Crippen LogP contribution in [0.3, 0.4) is 0 Å². The number of rotatable bonds is 23. The summed E-state index contributed by atoms with van der Waals surface area (Å²) in [5.41, 5.74) is 12.2. The number of aliphatic hydroxyl groups is 1. The summed E-state index contributed by atoms with van der Waals surface area (Å²) < 4.78 is 19.5. The smallest absolute Gasteiger partial charge is 0.247 e. The van der Waals surface area contributed by atoms with Gasteiger partial charge in [-0.2, -0.15) is 15.0 Å². The number of piperazine rings is 2. The average Bonchev–Trinajstić information content (AvgIpc) is 3.90. The molecule has 2 aliphatic heterocycles. The number of aromatic nitrogens is 9. The number of nitrogens with two attached hydrogens (primary N) is 2. The standard InChI is InChI=1S/C36H57N17O6/c1-4-17-57-19-21-59-22-20-58-18-8-40-34-41-35(50-13-9-48(10-14-50)31(55)26-52-24-30(45-46-52)23-27(2)54)43-36(42-34)51-15-11-49(12-16-51)32(56)28(3)53-25-29(44-47-53)6-5-7-39-33(37)38/h1,24-25,27-28,54H,5-23,26H2,2-3H3,(H4,37,38,39)(H,40,41,42,43). The number of guanidine groups is 1. The fourth-order valence-corrected chi connectivity index (χ4v) is 6.32. The zero-order valence-corrected chi connectivity index (χ0v) is 33.9. The summed E-state index contributed by atoms with van der Waals surface area (Å²) in [5, 5.41) is 29.4. The number of aryl methyl sites for hydroxylation is 1.